The third-order valence-electron chi connectivity index (χ3n) is 7.97. The van der Waals surface area contributed by atoms with E-state index in [0.717, 1.165) is 5.56 Å². The molecule has 220 valence electrons. The fourth-order valence-corrected chi connectivity index (χ4v) is 5.93. The van der Waals surface area contributed by atoms with Gasteiger partial charge in [0.25, 0.3) is 0 Å². The Kier molecular flexibility index (Phi) is 12.2. The molecule has 0 unspecified atom stereocenters. The lowest BCUT2D eigenvalue weighted by Crippen LogP contribution is -2.59. The lowest BCUT2D eigenvalue weighted by molar-refractivity contribution is -0.285. The number of thiol groups is 1. The zero-order valence-electron chi connectivity index (χ0n) is 25.1. The predicted octanol–water partition coefficient (Wildman–Crippen LogP) is 6.48. The van der Waals surface area contributed by atoms with Gasteiger partial charge in [-0.25, -0.2) is 0 Å². The van der Waals surface area contributed by atoms with Gasteiger partial charge in [0.05, 0.1) is 24.9 Å². The summed E-state index contributed by atoms with van der Waals surface area (Å²) in [5, 5.41) is -0.405. The second-order valence-corrected chi connectivity index (χ2v) is 17.6. The highest BCUT2D eigenvalue weighted by atomic mass is 32.1. The molecule has 0 N–H and O–H groups in total. The molecule has 0 aromatic heterocycles. The van der Waals surface area contributed by atoms with Crippen molar-refractivity contribution in [3.63, 3.8) is 0 Å². The molecular weight excluding hydrogens is 532 g/mol. The first-order valence-electron chi connectivity index (χ1n) is 13.6. The minimum Gasteiger partial charge on any atom is -0.411 e. The fraction of sp³-hybridized carbons (Fsp3) is 0.667. The second-order valence-electron chi connectivity index (χ2n) is 12.4. The average Bonchev–Trinajstić information content (AvgIpc) is 2.85. The molecule has 0 spiro atoms. The van der Waals surface area contributed by atoms with Crippen molar-refractivity contribution in [3.05, 3.63) is 48.0 Å². The van der Waals surface area contributed by atoms with Crippen molar-refractivity contribution >= 4 is 31.8 Å². The largest absolute Gasteiger partial charge is 0.411 e. The third-order valence-corrected chi connectivity index (χ3v) is 12.6. The summed E-state index contributed by atoms with van der Waals surface area (Å²) in [7, 11) is -0.697. The number of hydrogen-bond donors (Lipinski definition) is 1. The van der Waals surface area contributed by atoms with Crippen LogP contribution in [-0.2, 0) is 39.6 Å². The lowest BCUT2D eigenvalue weighted by Gasteiger charge is -2.48. The van der Waals surface area contributed by atoms with Crippen molar-refractivity contribution in [1.29, 1.82) is 0 Å². The van der Waals surface area contributed by atoms with Gasteiger partial charge >= 0.3 is 0 Å². The van der Waals surface area contributed by atoms with Gasteiger partial charge in [0, 0.05) is 25.4 Å². The van der Waals surface area contributed by atoms with E-state index in [1.807, 2.05) is 51.1 Å². The van der Waals surface area contributed by atoms with Crippen LogP contribution in [0.25, 0.3) is 0 Å². The van der Waals surface area contributed by atoms with Gasteiger partial charge in [0.2, 0.25) is 10.9 Å². The maximum Gasteiger partial charge on any atom is 0.237 e. The van der Waals surface area contributed by atoms with Gasteiger partial charge in [-0.2, -0.15) is 0 Å². The van der Waals surface area contributed by atoms with Crippen molar-refractivity contribution in [1.82, 2.24) is 0 Å². The lowest BCUT2D eigenvalue weighted by atomic mass is 9.77. The summed E-state index contributed by atoms with van der Waals surface area (Å²) in [6, 6.07) is 9.96. The van der Waals surface area contributed by atoms with E-state index in [9.17, 15) is 9.59 Å². The molecule has 1 aliphatic rings. The Morgan fingerprint density at radius 1 is 1.21 bits per heavy atom. The highest BCUT2D eigenvalue weighted by Crippen LogP contribution is 2.44. The maximum absolute atomic E-state index is 13.2. The highest BCUT2D eigenvalue weighted by molar-refractivity contribution is 7.97. The predicted molar refractivity (Wildman–Crippen MR) is 159 cm³/mol. The molecule has 1 aromatic rings. The molecule has 0 saturated carbocycles. The molecule has 0 bridgehead atoms. The van der Waals surface area contributed by atoms with E-state index in [-0.39, 0.29) is 35.9 Å². The third kappa shape index (κ3) is 9.08. The molecule has 0 amide bonds. The normalized spacial score (nSPS) is 22.7. The zero-order valence-corrected chi connectivity index (χ0v) is 27.0. The Bertz CT molecular complexity index is 973. The van der Waals surface area contributed by atoms with E-state index in [4.69, 9.17) is 23.4 Å². The Morgan fingerprint density at radius 2 is 1.85 bits per heavy atom. The van der Waals surface area contributed by atoms with E-state index >= 15 is 0 Å². The Balaban J connectivity index is 2.21. The maximum atomic E-state index is 13.2. The number of carbonyl (C=O) groups is 2. The SMILES string of the molecule is CO[C@@]1(C(C)(C)/C=C/C(=O)S)O[C@H](C[C@@H](O[Si](C)(C)C(C)(C)C)[C@@H](C)OCOCc2ccccc2)CCC1=O. The summed E-state index contributed by atoms with van der Waals surface area (Å²) in [5.41, 5.74) is 0.175. The summed E-state index contributed by atoms with van der Waals surface area (Å²) in [6.45, 7) is 17.3. The summed E-state index contributed by atoms with van der Waals surface area (Å²) in [5.74, 6) is -1.68. The summed E-state index contributed by atoms with van der Waals surface area (Å²) < 4.78 is 31.0. The molecule has 0 aliphatic carbocycles. The Morgan fingerprint density at radius 3 is 2.41 bits per heavy atom. The van der Waals surface area contributed by atoms with Crippen LogP contribution in [0, 0.1) is 5.41 Å². The number of methoxy groups -OCH3 is 1. The van der Waals surface area contributed by atoms with Gasteiger partial charge in [0.1, 0.15) is 6.79 Å². The van der Waals surface area contributed by atoms with Crippen LogP contribution >= 0.6 is 12.6 Å². The van der Waals surface area contributed by atoms with E-state index in [2.05, 4.69) is 46.5 Å². The monoisotopic (exact) mass is 580 g/mol. The molecule has 1 aromatic carbocycles. The van der Waals surface area contributed by atoms with Crippen LogP contribution in [0.15, 0.2) is 42.5 Å². The molecule has 0 radical (unpaired) electrons. The van der Waals surface area contributed by atoms with Crippen LogP contribution in [0.3, 0.4) is 0 Å². The number of hydrogen-bond acceptors (Lipinski definition) is 7. The topological polar surface area (TPSA) is 80.3 Å². The van der Waals surface area contributed by atoms with Gasteiger partial charge < -0.3 is 23.4 Å². The van der Waals surface area contributed by atoms with Crippen LogP contribution in [0.5, 0.6) is 0 Å². The minimum absolute atomic E-state index is 0.000636. The quantitative estimate of drug-likeness (QED) is 0.0887. The molecule has 7 nitrogen and oxygen atoms in total. The summed E-state index contributed by atoms with van der Waals surface area (Å²) >= 11 is 3.83. The van der Waals surface area contributed by atoms with Crippen molar-refractivity contribution in [2.45, 2.75) is 110 Å². The Hall–Kier alpha value is -1.33. The number of Topliss-reactive ketones (excluding diaryl/α,β-unsaturated/α-hetero) is 1. The van der Waals surface area contributed by atoms with E-state index in [1.165, 1.54) is 13.2 Å². The first kappa shape index (κ1) is 33.9. The van der Waals surface area contributed by atoms with Crippen LogP contribution < -0.4 is 0 Å². The molecule has 39 heavy (non-hydrogen) atoms. The molecule has 1 saturated heterocycles. The smallest absolute Gasteiger partial charge is 0.237 e. The zero-order chi connectivity index (χ0) is 29.5. The van der Waals surface area contributed by atoms with Crippen molar-refractivity contribution in [3.8, 4) is 0 Å². The second kappa shape index (κ2) is 14.0. The first-order valence-corrected chi connectivity index (χ1v) is 17.0. The molecule has 2 rings (SSSR count). The fourth-order valence-electron chi connectivity index (χ4n) is 4.45. The van der Waals surface area contributed by atoms with Crippen LogP contribution in [-0.4, -0.2) is 57.2 Å². The molecule has 1 fully saturated rings. The number of rotatable bonds is 14. The van der Waals surface area contributed by atoms with E-state index in [0.29, 0.717) is 25.9 Å². The van der Waals surface area contributed by atoms with Crippen LogP contribution in [0.1, 0.15) is 66.4 Å². The number of carbonyl (C=O) groups excluding carboxylic acids is 2. The van der Waals surface area contributed by atoms with Gasteiger partial charge in [-0.3, -0.25) is 9.59 Å². The average molecular weight is 581 g/mol. The molecular formula is C30H48O7SSi. The van der Waals surface area contributed by atoms with Crippen LogP contribution in [0.2, 0.25) is 18.1 Å². The van der Waals surface area contributed by atoms with Gasteiger partial charge in [-0.15, -0.1) is 12.6 Å². The highest BCUT2D eigenvalue weighted by Gasteiger charge is 2.55. The minimum atomic E-state index is -2.17. The first-order chi connectivity index (χ1) is 18.0. The number of ether oxygens (including phenoxy) is 4. The van der Waals surface area contributed by atoms with Gasteiger partial charge in [-0.1, -0.05) is 71.0 Å². The number of ketones is 1. The van der Waals surface area contributed by atoms with Crippen LogP contribution in [0.4, 0.5) is 0 Å². The van der Waals surface area contributed by atoms with Gasteiger partial charge in [0.15, 0.2) is 14.1 Å². The standard InChI is InChI=1S/C30H48O7SSi/c1-22(35-21-34-20-23-13-11-10-12-14-23)25(37-39(8,9)28(2,3)4)19-24-15-16-26(31)30(33-7,36-24)29(5,6)18-17-27(32)38/h10-14,17-18,22,24-25H,15-16,19-21H2,1-9H3,(H,32,38)/b18-17+/t22-,24+,25-,30-/m1/s1. The van der Waals surface area contributed by atoms with E-state index in [1.54, 1.807) is 6.08 Å². The van der Waals surface area contributed by atoms with Crippen molar-refractivity contribution in [2.75, 3.05) is 13.9 Å². The molecule has 4 atom stereocenters. The molecule has 9 heteroatoms. The van der Waals surface area contributed by atoms with Gasteiger partial charge in [-0.05, 0) is 43.1 Å². The summed E-state index contributed by atoms with van der Waals surface area (Å²) in [4.78, 5) is 24.7. The molecule has 1 heterocycles. The van der Waals surface area contributed by atoms with E-state index < -0.39 is 24.6 Å². The summed E-state index contributed by atoms with van der Waals surface area (Å²) in [6.07, 6.45) is 3.46. The Labute approximate surface area is 241 Å². The van der Waals surface area contributed by atoms with Crippen molar-refractivity contribution in [2.24, 2.45) is 5.41 Å². The molecule has 1 aliphatic heterocycles. The van der Waals surface area contributed by atoms with Crippen molar-refractivity contribution < 1.29 is 33.0 Å². The number of benzene rings is 1.